The molecule has 0 aliphatic carbocycles. The summed E-state index contributed by atoms with van der Waals surface area (Å²) in [6.45, 7) is 0.240. The molecule has 170 valence electrons. The molecule has 0 saturated carbocycles. The zero-order chi connectivity index (χ0) is 23.6. The van der Waals surface area contributed by atoms with E-state index in [1.807, 2.05) is 30.3 Å². The average molecular weight is 460 g/mol. The molecule has 8 heteroatoms. The van der Waals surface area contributed by atoms with E-state index < -0.39 is 23.5 Å². The molecule has 0 saturated heterocycles. The maximum absolute atomic E-state index is 12.9. The van der Waals surface area contributed by atoms with Gasteiger partial charge in [-0.05, 0) is 53.1 Å². The second kappa shape index (κ2) is 8.77. The van der Waals surface area contributed by atoms with Crippen molar-refractivity contribution >= 4 is 16.7 Å². The number of alkyl halides is 6. The molecule has 0 spiro atoms. The fourth-order valence-electron chi connectivity index (χ4n) is 3.48. The monoisotopic (exact) mass is 460 g/mol. The molecule has 2 nitrogen and oxygen atoms in total. The summed E-state index contributed by atoms with van der Waals surface area (Å²) in [5.41, 5.74) is 1.36. The molecule has 0 atom stereocenters. The fraction of sp³-hybridized carbons (Fsp3) is 0.160. The zero-order valence-corrected chi connectivity index (χ0v) is 17.1. The van der Waals surface area contributed by atoms with Gasteiger partial charge in [-0.25, -0.2) is 4.98 Å². The van der Waals surface area contributed by atoms with E-state index in [0.29, 0.717) is 23.4 Å². The number of nitrogens with one attached hydrogen (secondary N) is 1. The van der Waals surface area contributed by atoms with Crippen LogP contribution in [0.5, 0.6) is 0 Å². The minimum Gasteiger partial charge on any atom is -0.366 e. The first-order valence-electron chi connectivity index (χ1n) is 10.0. The highest BCUT2D eigenvalue weighted by Crippen LogP contribution is 2.31. The molecule has 0 bridgehead atoms. The van der Waals surface area contributed by atoms with Crippen molar-refractivity contribution in [3.63, 3.8) is 0 Å². The van der Waals surface area contributed by atoms with E-state index in [1.54, 1.807) is 0 Å². The molecule has 0 radical (unpaired) electrons. The normalized spacial score (nSPS) is 12.2. The third kappa shape index (κ3) is 5.45. The average Bonchev–Trinajstić information content (AvgIpc) is 2.77. The number of hydrogen-bond acceptors (Lipinski definition) is 2. The van der Waals surface area contributed by atoms with Gasteiger partial charge in [0.15, 0.2) is 0 Å². The molecular formula is C25H18F6N2. The second-order valence-corrected chi connectivity index (χ2v) is 7.61. The molecule has 1 aromatic heterocycles. The summed E-state index contributed by atoms with van der Waals surface area (Å²) in [6.07, 6.45) is -8.47. The first-order chi connectivity index (χ1) is 15.6. The Morgan fingerprint density at radius 3 is 1.79 bits per heavy atom. The standard InChI is InChI=1S/C25H18F6N2/c26-24(27,28)20-9-5-16(6-10-20)13-19-14-18-3-1-2-4-22(18)33-23(19)32-15-17-7-11-21(12-8-17)25(29,30)31/h1-12,14H,13,15H2,(H,32,33). The molecule has 1 N–H and O–H groups in total. The fourth-order valence-corrected chi connectivity index (χ4v) is 3.48. The predicted octanol–water partition coefficient (Wildman–Crippen LogP) is 7.48. The Labute approximate surface area is 185 Å². The number of rotatable bonds is 5. The van der Waals surface area contributed by atoms with Gasteiger partial charge in [0, 0.05) is 18.4 Å². The van der Waals surface area contributed by atoms with E-state index >= 15 is 0 Å². The third-order valence-electron chi connectivity index (χ3n) is 5.22. The first kappa shape index (κ1) is 22.6. The Morgan fingerprint density at radius 1 is 0.667 bits per heavy atom. The van der Waals surface area contributed by atoms with Gasteiger partial charge >= 0.3 is 12.4 Å². The van der Waals surface area contributed by atoms with Crippen LogP contribution in [0.15, 0.2) is 78.9 Å². The van der Waals surface area contributed by atoms with Crippen LogP contribution in [0.4, 0.5) is 32.2 Å². The van der Waals surface area contributed by atoms with Crippen LogP contribution < -0.4 is 5.32 Å². The summed E-state index contributed by atoms with van der Waals surface area (Å²) in [4.78, 5) is 4.63. The topological polar surface area (TPSA) is 24.9 Å². The van der Waals surface area contributed by atoms with Gasteiger partial charge in [-0.3, -0.25) is 0 Å². The smallest absolute Gasteiger partial charge is 0.366 e. The van der Waals surface area contributed by atoms with Crippen molar-refractivity contribution < 1.29 is 26.3 Å². The molecule has 0 aliphatic heterocycles. The van der Waals surface area contributed by atoms with Gasteiger partial charge in [-0.1, -0.05) is 42.5 Å². The van der Waals surface area contributed by atoms with Crippen molar-refractivity contribution in [2.45, 2.75) is 25.3 Å². The first-order valence-corrected chi connectivity index (χ1v) is 10.0. The van der Waals surface area contributed by atoms with Gasteiger partial charge in [0.2, 0.25) is 0 Å². The minimum atomic E-state index is -4.41. The van der Waals surface area contributed by atoms with Crippen molar-refractivity contribution in [2.75, 3.05) is 5.32 Å². The molecule has 4 aromatic rings. The third-order valence-corrected chi connectivity index (χ3v) is 5.22. The van der Waals surface area contributed by atoms with Crippen molar-refractivity contribution in [3.05, 3.63) is 107 Å². The van der Waals surface area contributed by atoms with Gasteiger partial charge in [-0.15, -0.1) is 0 Å². The summed E-state index contributed by atoms with van der Waals surface area (Å²) in [5, 5.41) is 4.04. The lowest BCUT2D eigenvalue weighted by Gasteiger charge is -2.14. The Hall–Kier alpha value is -3.55. The molecular weight excluding hydrogens is 442 g/mol. The lowest BCUT2D eigenvalue weighted by atomic mass is 10.0. The van der Waals surface area contributed by atoms with Gasteiger partial charge < -0.3 is 5.32 Å². The van der Waals surface area contributed by atoms with E-state index in [1.165, 1.54) is 24.3 Å². The molecule has 0 amide bonds. The van der Waals surface area contributed by atoms with E-state index in [2.05, 4.69) is 10.3 Å². The highest BCUT2D eigenvalue weighted by Gasteiger charge is 2.30. The largest absolute Gasteiger partial charge is 0.416 e. The molecule has 33 heavy (non-hydrogen) atoms. The van der Waals surface area contributed by atoms with Gasteiger partial charge in [0.05, 0.1) is 16.6 Å². The zero-order valence-electron chi connectivity index (χ0n) is 17.1. The number of benzene rings is 3. The lowest BCUT2D eigenvalue weighted by molar-refractivity contribution is -0.138. The summed E-state index contributed by atoms with van der Waals surface area (Å²) in [5.74, 6) is 0.522. The maximum atomic E-state index is 12.9. The van der Waals surface area contributed by atoms with Gasteiger partial charge in [0.25, 0.3) is 0 Å². The number of para-hydroxylation sites is 1. The van der Waals surface area contributed by atoms with Crippen LogP contribution in [-0.4, -0.2) is 4.98 Å². The molecule has 3 aromatic carbocycles. The summed E-state index contributed by atoms with van der Waals surface area (Å²) in [6, 6.07) is 19.1. The number of hydrogen-bond donors (Lipinski definition) is 1. The summed E-state index contributed by atoms with van der Waals surface area (Å²) >= 11 is 0. The summed E-state index contributed by atoms with van der Waals surface area (Å²) < 4.78 is 76.9. The Bertz CT molecular complexity index is 1240. The molecule has 4 rings (SSSR count). The van der Waals surface area contributed by atoms with Crippen LogP contribution in [0.1, 0.15) is 27.8 Å². The summed E-state index contributed by atoms with van der Waals surface area (Å²) in [7, 11) is 0. The number of nitrogens with zero attached hydrogens (tertiary/aromatic N) is 1. The van der Waals surface area contributed by atoms with E-state index in [4.69, 9.17) is 0 Å². The van der Waals surface area contributed by atoms with Crippen molar-refractivity contribution in [2.24, 2.45) is 0 Å². The van der Waals surface area contributed by atoms with Crippen LogP contribution in [0, 0.1) is 0 Å². The van der Waals surface area contributed by atoms with Crippen molar-refractivity contribution in [1.82, 2.24) is 4.98 Å². The van der Waals surface area contributed by atoms with Crippen LogP contribution >= 0.6 is 0 Å². The Morgan fingerprint density at radius 2 is 1.21 bits per heavy atom. The second-order valence-electron chi connectivity index (χ2n) is 7.61. The van der Waals surface area contributed by atoms with Crippen LogP contribution in [0.2, 0.25) is 0 Å². The maximum Gasteiger partial charge on any atom is 0.416 e. The number of fused-ring (bicyclic) bond motifs is 1. The minimum absolute atomic E-state index is 0.240. The van der Waals surface area contributed by atoms with Gasteiger partial charge in [-0.2, -0.15) is 26.3 Å². The molecule has 1 heterocycles. The highest BCUT2D eigenvalue weighted by atomic mass is 19.4. The molecule has 0 unspecified atom stereocenters. The molecule has 0 aliphatic rings. The Kier molecular flexibility index (Phi) is 6.01. The number of aromatic nitrogens is 1. The van der Waals surface area contributed by atoms with Crippen molar-refractivity contribution in [3.8, 4) is 0 Å². The van der Waals surface area contributed by atoms with E-state index in [9.17, 15) is 26.3 Å². The predicted molar refractivity (Wildman–Crippen MR) is 115 cm³/mol. The number of pyridine rings is 1. The van der Waals surface area contributed by atoms with Crippen LogP contribution in [0.3, 0.4) is 0 Å². The lowest BCUT2D eigenvalue weighted by Crippen LogP contribution is -2.08. The molecule has 0 fully saturated rings. The van der Waals surface area contributed by atoms with E-state index in [0.717, 1.165) is 40.7 Å². The van der Waals surface area contributed by atoms with E-state index in [-0.39, 0.29) is 6.54 Å². The van der Waals surface area contributed by atoms with Crippen LogP contribution in [-0.2, 0) is 25.3 Å². The van der Waals surface area contributed by atoms with Crippen LogP contribution in [0.25, 0.3) is 10.9 Å². The van der Waals surface area contributed by atoms with Crippen molar-refractivity contribution in [1.29, 1.82) is 0 Å². The highest BCUT2D eigenvalue weighted by molar-refractivity contribution is 5.81. The number of halogens is 6. The quantitative estimate of drug-likeness (QED) is 0.313. The van der Waals surface area contributed by atoms with Gasteiger partial charge in [0.1, 0.15) is 5.82 Å². The number of anilines is 1. The Balaban J connectivity index is 1.59. The SMILES string of the molecule is FC(F)(F)c1ccc(CNc2nc3ccccc3cc2Cc2ccc(C(F)(F)F)cc2)cc1.